The van der Waals surface area contributed by atoms with E-state index in [4.69, 9.17) is 9.47 Å². The van der Waals surface area contributed by atoms with Gasteiger partial charge in [0.1, 0.15) is 0 Å². The van der Waals surface area contributed by atoms with Crippen LogP contribution in [0.5, 0.6) is 0 Å². The molecular weight excluding hydrogens is 819 g/mol. The summed E-state index contributed by atoms with van der Waals surface area (Å²) in [4.78, 5) is 74.4. The van der Waals surface area contributed by atoms with E-state index in [1.807, 2.05) is 101 Å². The topological polar surface area (TPSA) is 284 Å². The van der Waals surface area contributed by atoms with Gasteiger partial charge in [0.2, 0.25) is 0 Å². The molecule has 3 aromatic rings. The van der Waals surface area contributed by atoms with Gasteiger partial charge in [0.05, 0.1) is 29.6 Å². The molecule has 0 radical (unpaired) electrons. The first kappa shape index (κ1) is 60.8. The number of esters is 4. The zero-order valence-corrected chi connectivity index (χ0v) is 39.7. The molecule has 2 aliphatic rings. The van der Waals surface area contributed by atoms with Crippen LogP contribution in [-0.2, 0) is 43.1 Å². The molecule has 2 heterocycles. The Bertz CT molecular complexity index is 1710. The molecule has 5 rings (SSSR count). The number of carbonyl (C=O) groups is 6. The van der Waals surface area contributed by atoms with Crippen molar-refractivity contribution >= 4 is 35.8 Å². The van der Waals surface area contributed by atoms with E-state index in [2.05, 4.69) is 48.8 Å². The van der Waals surface area contributed by atoms with Crippen LogP contribution in [0.2, 0.25) is 0 Å². The van der Waals surface area contributed by atoms with Crippen LogP contribution in [0.1, 0.15) is 148 Å². The Morgan fingerprint density at radius 3 is 1.14 bits per heavy atom. The van der Waals surface area contributed by atoms with Gasteiger partial charge in [-0.2, -0.15) is 5.90 Å². The molecule has 9 unspecified atom stereocenters. The first-order chi connectivity index (χ1) is 29.4. The molecule has 14 nitrogen and oxygen atoms in total. The second kappa shape index (κ2) is 32.4. The van der Waals surface area contributed by atoms with Crippen LogP contribution in [0.15, 0.2) is 91.0 Å². The van der Waals surface area contributed by atoms with E-state index in [1.54, 1.807) is 6.92 Å². The zero-order chi connectivity index (χ0) is 45.5. The summed E-state index contributed by atoms with van der Waals surface area (Å²) in [7, 11) is 0. The second-order valence-electron chi connectivity index (χ2n) is 15.4. The molecule has 64 heavy (non-hydrogen) atoms. The fraction of sp³-hybridized carbons (Fsp3) is 0.520. The van der Waals surface area contributed by atoms with Crippen molar-refractivity contribution in [3.8, 4) is 0 Å². The highest BCUT2D eigenvalue weighted by Gasteiger charge is 2.45. The zero-order valence-electron chi connectivity index (χ0n) is 39.7. The third kappa shape index (κ3) is 17.4. The van der Waals surface area contributed by atoms with E-state index in [-0.39, 0.29) is 71.2 Å². The summed E-state index contributed by atoms with van der Waals surface area (Å²) in [6.07, 6.45) is 6.18. The van der Waals surface area contributed by atoms with Crippen molar-refractivity contribution in [2.75, 3.05) is 0 Å². The van der Waals surface area contributed by atoms with Gasteiger partial charge >= 0.3 is 29.8 Å². The lowest BCUT2D eigenvalue weighted by Crippen LogP contribution is -2.54. The molecule has 0 saturated carbocycles. The number of hydrogen-bond donors (Lipinski definition) is 3. The van der Waals surface area contributed by atoms with Crippen molar-refractivity contribution in [3.05, 3.63) is 108 Å². The lowest BCUT2D eigenvalue weighted by Gasteiger charge is -2.28. The van der Waals surface area contributed by atoms with Crippen molar-refractivity contribution in [1.29, 1.82) is 0 Å². The normalized spacial score (nSPS) is 19.5. The number of benzene rings is 3. The number of ether oxygens (including phenoxy) is 2. The fourth-order valence-corrected chi connectivity index (χ4v) is 8.44. The van der Waals surface area contributed by atoms with E-state index in [0.717, 1.165) is 24.8 Å². The van der Waals surface area contributed by atoms with Gasteiger partial charge in [0, 0.05) is 11.9 Å². The molecule has 0 aromatic heterocycles. The van der Waals surface area contributed by atoms with Gasteiger partial charge in [-0.1, -0.05) is 146 Å². The van der Waals surface area contributed by atoms with Crippen molar-refractivity contribution in [1.82, 2.24) is 12.3 Å². The molecule has 0 aliphatic carbocycles. The van der Waals surface area contributed by atoms with Crippen LogP contribution in [0.25, 0.3) is 0 Å². The Hall–Kier alpha value is -5.28. The molecule has 0 amide bonds. The van der Waals surface area contributed by atoms with Crippen LogP contribution in [0, 0.1) is 35.5 Å². The number of hydrogen-bond acceptors (Lipinski definition) is 11. The van der Waals surface area contributed by atoms with E-state index >= 15 is 0 Å². The summed E-state index contributed by atoms with van der Waals surface area (Å²) in [5.74, 6) is -2.05. The van der Waals surface area contributed by atoms with Crippen molar-refractivity contribution in [3.63, 3.8) is 0 Å². The SMILES string of the molecule is CC.CCC(CC(C(=O)[O-])C(CC)C(=O)O[NH3+])c1ccccc1.CCC(CC1C(=O)OC(=O)C1CC)c1ccccc1.CCC(CC1C(=O)OC(=O)C1CC)c1ccccc1.N.O.[NH4+]. The summed E-state index contributed by atoms with van der Waals surface area (Å²) < 4.78 is 9.56. The average molecular weight is 897 g/mol. The van der Waals surface area contributed by atoms with Crippen LogP contribution in [0.3, 0.4) is 0 Å². The van der Waals surface area contributed by atoms with Gasteiger partial charge in [0.15, 0.2) is 0 Å². The molecule has 2 aliphatic heterocycles. The number of carboxylic acid groups (broad SMARTS) is 1. The highest BCUT2D eigenvalue weighted by Crippen LogP contribution is 2.38. The van der Waals surface area contributed by atoms with Gasteiger partial charge in [-0.05, 0) is 92.2 Å². The summed E-state index contributed by atoms with van der Waals surface area (Å²) in [6.45, 7) is 15.9. The summed E-state index contributed by atoms with van der Waals surface area (Å²) in [5, 5.41) is 11.5. The third-order valence-electron chi connectivity index (χ3n) is 12.0. The minimum atomic E-state index is -1.21. The maximum absolute atomic E-state index is 11.8. The summed E-state index contributed by atoms with van der Waals surface area (Å²) in [6, 6.07) is 30.0. The fourth-order valence-electron chi connectivity index (χ4n) is 8.44. The number of aliphatic carboxylic acids is 1. The molecule has 2 saturated heterocycles. The summed E-state index contributed by atoms with van der Waals surface area (Å²) >= 11 is 0. The number of rotatable bonds is 18. The Kier molecular flexibility index (Phi) is 30.8. The lowest BCUT2D eigenvalue weighted by atomic mass is 9.79. The molecule has 0 bridgehead atoms. The quantitative estimate of drug-likeness (QED) is 0.0624. The van der Waals surface area contributed by atoms with Gasteiger partial charge in [-0.25, -0.2) is 4.79 Å². The molecule has 0 spiro atoms. The molecule has 3 aromatic carbocycles. The van der Waals surface area contributed by atoms with E-state index in [0.29, 0.717) is 50.4 Å². The molecule has 12 N–H and O–H groups in total. The van der Waals surface area contributed by atoms with Crippen molar-refractivity contribution in [2.24, 2.45) is 35.5 Å². The minimum Gasteiger partial charge on any atom is -0.550 e. The van der Waals surface area contributed by atoms with Crippen molar-refractivity contribution < 1.29 is 59.6 Å². The van der Waals surface area contributed by atoms with Crippen LogP contribution in [0.4, 0.5) is 0 Å². The molecule has 14 heteroatoms. The highest BCUT2D eigenvalue weighted by atomic mass is 16.7. The minimum absolute atomic E-state index is 0. The molecule has 9 atom stereocenters. The molecular formula is C50H78N3O11+. The first-order valence-corrected chi connectivity index (χ1v) is 22.2. The van der Waals surface area contributed by atoms with Gasteiger partial charge < -0.3 is 37.2 Å². The predicted octanol–water partition coefficient (Wildman–Crippen LogP) is 7.99. The first-order valence-electron chi connectivity index (χ1n) is 22.2. The number of carboxylic acids is 1. The highest BCUT2D eigenvalue weighted by molar-refractivity contribution is 5.97. The number of cyclic esters (lactones) is 4. The standard InChI is InChI=1S/C16H23NO4.2C16H20O3.C2H6.2H3N.H2O/c1-3-11(12-8-6-5-7-9-12)10-14(15(18)19)13(4-2)16(20)21-17;2*1-3-11(12-8-6-5-7-9-12)10-14-13(4-2)15(17)19-16(14)18;1-2;;;/h5-9,11,13-14H,3-4,10H2,1-2,17H3;2*5-9,11,13-14H,3-4,10H2,1-2H3;1-2H3;2*1H3;1H2/p+1. The lowest BCUT2D eigenvalue weighted by molar-refractivity contribution is -0.658. The van der Waals surface area contributed by atoms with E-state index < -0.39 is 23.8 Å². The third-order valence-corrected chi connectivity index (χ3v) is 12.0. The van der Waals surface area contributed by atoms with Gasteiger partial charge in [0.25, 0.3) is 0 Å². The monoisotopic (exact) mass is 897 g/mol. The summed E-state index contributed by atoms with van der Waals surface area (Å²) in [5.41, 5.74) is 3.53. The average Bonchev–Trinajstić information content (AvgIpc) is 3.73. The van der Waals surface area contributed by atoms with Gasteiger partial charge in [-0.3, -0.25) is 24.0 Å². The van der Waals surface area contributed by atoms with Crippen LogP contribution >= 0.6 is 0 Å². The van der Waals surface area contributed by atoms with E-state index in [1.165, 1.54) is 11.1 Å². The maximum Gasteiger partial charge on any atom is 0.370 e. The Morgan fingerprint density at radius 2 is 0.875 bits per heavy atom. The number of quaternary nitrogens is 2. The van der Waals surface area contributed by atoms with Crippen molar-refractivity contribution in [2.45, 2.75) is 131 Å². The molecule has 358 valence electrons. The van der Waals surface area contributed by atoms with E-state index in [9.17, 15) is 33.9 Å². The maximum atomic E-state index is 11.8. The second-order valence-corrected chi connectivity index (χ2v) is 15.4. The smallest absolute Gasteiger partial charge is 0.370 e. The molecule has 2 fully saturated rings. The Morgan fingerprint density at radius 1 is 0.562 bits per heavy atom. The number of carbonyl (C=O) groups excluding carboxylic acids is 6. The Labute approximate surface area is 380 Å². The van der Waals surface area contributed by atoms with Crippen LogP contribution < -0.4 is 23.3 Å². The largest absolute Gasteiger partial charge is 0.550 e. The predicted molar refractivity (Wildman–Crippen MR) is 246 cm³/mol. The Balaban J connectivity index is 0. The van der Waals surface area contributed by atoms with Gasteiger partial charge in [-0.15, -0.1) is 0 Å². The van der Waals surface area contributed by atoms with Crippen LogP contribution in [-0.4, -0.2) is 41.3 Å².